The molecule has 1 heterocycles. The van der Waals surface area contributed by atoms with Gasteiger partial charge in [0.25, 0.3) is 0 Å². The van der Waals surface area contributed by atoms with E-state index in [0.717, 1.165) is 17.7 Å². The third-order valence-electron chi connectivity index (χ3n) is 4.83. The molecule has 2 aromatic rings. The molecule has 2 aromatic carbocycles. The molecular weight excluding hydrogens is 344 g/mol. The van der Waals surface area contributed by atoms with E-state index in [1.807, 2.05) is 31.2 Å². The molecule has 1 fully saturated rings. The molecule has 27 heavy (non-hydrogen) atoms. The largest absolute Gasteiger partial charge is 0.497 e. The summed E-state index contributed by atoms with van der Waals surface area (Å²) in [4.78, 5) is 26.9. The minimum absolute atomic E-state index is 0.0950. The van der Waals surface area contributed by atoms with Gasteiger partial charge in [0.2, 0.25) is 11.8 Å². The highest BCUT2D eigenvalue weighted by molar-refractivity contribution is 6.04. The molecule has 1 saturated heterocycles. The molecule has 2 amide bonds. The van der Waals surface area contributed by atoms with Crippen molar-refractivity contribution in [3.63, 3.8) is 0 Å². The molecule has 3 rings (SSSR count). The fourth-order valence-corrected chi connectivity index (χ4v) is 3.31. The number of amides is 2. The van der Waals surface area contributed by atoms with Crippen LogP contribution in [0.3, 0.4) is 0 Å². The molecule has 0 bridgehead atoms. The predicted octanol–water partition coefficient (Wildman–Crippen LogP) is 3.26. The van der Waals surface area contributed by atoms with E-state index in [0.29, 0.717) is 23.7 Å². The number of aryl methyl sites for hydroxylation is 1. The number of benzene rings is 2. The zero-order valence-electron chi connectivity index (χ0n) is 15.8. The van der Waals surface area contributed by atoms with E-state index in [9.17, 15) is 9.59 Å². The number of para-hydroxylation sites is 1. The lowest BCUT2D eigenvalue weighted by molar-refractivity contribution is -0.122. The van der Waals surface area contributed by atoms with Gasteiger partial charge in [-0.05, 0) is 30.2 Å². The van der Waals surface area contributed by atoms with Crippen LogP contribution in [-0.2, 0) is 16.0 Å². The summed E-state index contributed by atoms with van der Waals surface area (Å²) in [5, 5.41) is 2.97. The van der Waals surface area contributed by atoms with Crippen molar-refractivity contribution in [2.24, 2.45) is 5.92 Å². The summed E-state index contributed by atoms with van der Waals surface area (Å²) in [7, 11) is 3.12. The van der Waals surface area contributed by atoms with Crippen LogP contribution in [0, 0.1) is 5.92 Å². The Kier molecular flexibility index (Phi) is 5.64. The van der Waals surface area contributed by atoms with Gasteiger partial charge in [-0.15, -0.1) is 0 Å². The van der Waals surface area contributed by atoms with Crippen molar-refractivity contribution in [3.05, 3.63) is 48.0 Å². The zero-order chi connectivity index (χ0) is 19.4. The molecule has 0 aliphatic carbocycles. The maximum Gasteiger partial charge on any atom is 0.229 e. The molecule has 6 heteroatoms. The fraction of sp³-hybridized carbons (Fsp3) is 0.333. The molecule has 0 aromatic heterocycles. The first kappa shape index (κ1) is 18.8. The van der Waals surface area contributed by atoms with Gasteiger partial charge in [0.15, 0.2) is 0 Å². The topological polar surface area (TPSA) is 67.9 Å². The smallest absolute Gasteiger partial charge is 0.229 e. The number of nitrogens with one attached hydrogen (secondary N) is 1. The highest BCUT2D eigenvalue weighted by atomic mass is 16.5. The number of methoxy groups -OCH3 is 2. The second kappa shape index (κ2) is 8.12. The Balaban J connectivity index is 1.76. The monoisotopic (exact) mass is 368 g/mol. The van der Waals surface area contributed by atoms with Crippen LogP contribution in [0.4, 0.5) is 11.4 Å². The van der Waals surface area contributed by atoms with Crippen molar-refractivity contribution in [2.75, 3.05) is 31.0 Å². The summed E-state index contributed by atoms with van der Waals surface area (Å²) < 4.78 is 10.6. The molecular formula is C21H24N2O4. The highest BCUT2D eigenvalue weighted by Gasteiger charge is 2.36. The van der Waals surface area contributed by atoms with Gasteiger partial charge in [0.05, 0.1) is 25.8 Å². The molecule has 6 nitrogen and oxygen atoms in total. The summed E-state index contributed by atoms with van der Waals surface area (Å²) in [6.07, 6.45) is 1.00. The van der Waals surface area contributed by atoms with Crippen LogP contribution in [0.5, 0.6) is 11.5 Å². The molecule has 0 radical (unpaired) electrons. The van der Waals surface area contributed by atoms with Gasteiger partial charge in [-0.3, -0.25) is 9.59 Å². The van der Waals surface area contributed by atoms with Gasteiger partial charge in [0.1, 0.15) is 11.5 Å². The van der Waals surface area contributed by atoms with E-state index >= 15 is 0 Å². The van der Waals surface area contributed by atoms with Gasteiger partial charge < -0.3 is 19.7 Å². The Labute approximate surface area is 159 Å². The van der Waals surface area contributed by atoms with E-state index in [4.69, 9.17) is 9.47 Å². The van der Waals surface area contributed by atoms with Crippen molar-refractivity contribution >= 4 is 23.2 Å². The number of nitrogens with zero attached hydrogens (tertiary/aromatic N) is 1. The first-order chi connectivity index (χ1) is 13.1. The molecule has 142 valence electrons. The lowest BCUT2D eigenvalue weighted by atomic mass is 10.1. The predicted molar refractivity (Wildman–Crippen MR) is 104 cm³/mol. The van der Waals surface area contributed by atoms with Crippen LogP contribution < -0.4 is 19.7 Å². The molecule has 1 atom stereocenters. The summed E-state index contributed by atoms with van der Waals surface area (Å²) in [5.74, 6) is 0.545. The maximum absolute atomic E-state index is 12.7. The summed E-state index contributed by atoms with van der Waals surface area (Å²) in [6.45, 7) is 2.36. The lowest BCUT2D eigenvalue weighted by Crippen LogP contribution is -2.28. The second-order valence-electron chi connectivity index (χ2n) is 6.44. The SMILES string of the molecule is CCc1ccccc1NC(=O)[C@H]1CC(=O)N(c2ccc(OC)cc2OC)C1. The fourth-order valence-electron chi connectivity index (χ4n) is 3.31. The van der Waals surface area contributed by atoms with Crippen molar-refractivity contribution in [1.82, 2.24) is 0 Å². The van der Waals surface area contributed by atoms with Crippen LogP contribution in [-0.4, -0.2) is 32.6 Å². The number of ether oxygens (including phenoxy) is 2. The van der Waals surface area contributed by atoms with E-state index < -0.39 is 5.92 Å². The Morgan fingerprint density at radius 3 is 2.67 bits per heavy atom. The minimum atomic E-state index is -0.408. The maximum atomic E-state index is 12.7. The quantitative estimate of drug-likeness (QED) is 0.850. The summed E-state index contributed by atoms with van der Waals surface area (Å²) in [6, 6.07) is 13.0. The van der Waals surface area contributed by atoms with Gasteiger partial charge >= 0.3 is 0 Å². The number of anilines is 2. The van der Waals surface area contributed by atoms with Crippen LogP contribution >= 0.6 is 0 Å². The number of hydrogen-bond acceptors (Lipinski definition) is 4. The van der Waals surface area contributed by atoms with E-state index in [1.54, 1.807) is 37.3 Å². The lowest BCUT2D eigenvalue weighted by Gasteiger charge is -2.20. The Morgan fingerprint density at radius 2 is 1.96 bits per heavy atom. The van der Waals surface area contributed by atoms with Crippen molar-refractivity contribution < 1.29 is 19.1 Å². The molecule has 1 aliphatic heterocycles. The van der Waals surface area contributed by atoms with E-state index in [-0.39, 0.29) is 18.2 Å². The van der Waals surface area contributed by atoms with Gasteiger partial charge in [-0.2, -0.15) is 0 Å². The van der Waals surface area contributed by atoms with Crippen LogP contribution in [0.1, 0.15) is 18.9 Å². The number of rotatable bonds is 6. The molecule has 0 unspecified atom stereocenters. The standard InChI is InChI=1S/C21H24N2O4/c1-4-14-7-5-6-8-17(14)22-21(25)15-11-20(24)23(13-15)18-10-9-16(26-2)12-19(18)27-3/h5-10,12,15H,4,11,13H2,1-3H3,(H,22,25)/t15-/m0/s1. The van der Waals surface area contributed by atoms with Crippen molar-refractivity contribution in [1.29, 1.82) is 0 Å². The zero-order valence-corrected chi connectivity index (χ0v) is 15.8. The third kappa shape index (κ3) is 3.89. The van der Waals surface area contributed by atoms with E-state index in [2.05, 4.69) is 5.32 Å². The minimum Gasteiger partial charge on any atom is -0.497 e. The van der Waals surface area contributed by atoms with E-state index in [1.165, 1.54) is 0 Å². The van der Waals surface area contributed by atoms with Crippen LogP contribution in [0.15, 0.2) is 42.5 Å². The normalized spacial score (nSPS) is 16.3. The molecule has 0 saturated carbocycles. The number of hydrogen-bond donors (Lipinski definition) is 1. The van der Waals surface area contributed by atoms with Crippen LogP contribution in [0.2, 0.25) is 0 Å². The van der Waals surface area contributed by atoms with Gasteiger partial charge in [-0.1, -0.05) is 25.1 Å². The Hall–Kier alpha value is -3.02. The Bertz CT molecular complexity index is 850. The summed E-state index contributed by atoms with van der Waals surface area (Å²) in [5.41, 5.74) is 2.52. The Morgan fingerprint density at radius 1 is 1.19 bits per heavy atom. The highest BCUT2D eigenvalue weighted by Crippen LogP contribution is 2.36. The number of carbonyl (C=O) groups is 2. The first-order valence-corrected chi connectivity index (χ1v) is 8.98. The second-order valence-corrected chi connectivity index (χ2v) is 6.44. The molecule has 1 N–H and O–H groups in total. The molecule has 0 spiro atoms. The third-order valence-corrected chi connectivity index (χ3v) is 4.83. The van der Waals surface area contributed by atoms with Crippen LogP contribution in [0.25, 0.3) is 0 Å². The van der Waals surface area contributed by atoms with Gasteiger partial charge in [0, 0.05) is 24.7 Å². The summed E-state index contributed by atoms with van der Waals surface area (Å²) >= 11 is 0. The first-order valence-electron chi connectivity index (χ1n) is 8.98. The van der Waals surface area contributed by atoms with Gasteiger partial charge in [-0.25, -0.2) is 0 Å². The number of carbonyl (C=O) groups excluding carboxylic acids is 2. The molecule has 1 aliphatic rings. The van der Waals surface area contributed by atoms with Crippen molar-refractivity contribution in [3.8, 4) is 11.5 Å². The van der Waals surface area contributed by atoms with Crippen molar-refractivity contribution in [2.45, 2.75) is 19.8 Å². The average molecular weight is 368 g/mol. The average Bonchev–Trinajstić information content (AvgIpc) is 3.09.